The number of amides is 3. The van der Waals surface area contributed by atoms with Crippen molar-refractivity contribution in [2.75, 3.05) is 13.2 Å². The van der Waals surface area contributed by atoms with Gasteiger partial charge in [-0.1, -0.05) is 27.2 Å². The lowest BCUT2D eigenvalue weighted by molar-refractivity contribution is -0.150. The third kappa shape index (κ3) is 3.65. The highest BCUT2D eigenvalue weighted by atomic mass is 16.5. The Labute approximate surface area is 185 Å². The molecule has 0 aliphatic carbocycles. The lowest BCUT2D eigenvalue weighted by Crippen LogP contribution is -2.58. The Balaban J connectivity index is 2.03. The average Bonchev–Trinajstić information content (AvgIpc) is 3.35. The van der Waals surface area contributed by atoms with Crippen LogP contribution in [0.1, 0.15) is 73.1 Å². The molecule has 0 radical (unpaired) electrons. The first-order chi connectivity index (χ1) is 14.7. The van der Waals surface area contributed by atoms with Crippen molar-refractivity contribution in [1.29, 1.82) is 0 Å². The third-order valence-electron chi connectivity index (χ3n) is 7.55. The van der Waals surface area contributed by atoms with Gasteiger partial charge in [-0.15, -0.1) is 0 Å². The summed E-state index contributed by atoms with van der Waals surface area (Å²) in [4.78, 5) is 41.9. The number of aliphatic hydroxyl groups is 1. The molecule has 3 fully saturated rings. The zero-order valence-corrected chi connectivity index (χ0v) is 19.6. The fourth-order valence-corrected chi connectivity index (χ4v) is 6.10. The normalized spacial score (nSPS) is 35.7. The van der Waals surface area contributed by atoms with E-state index >= 15 is 0 Å². The minimum atomic E-state index is -1.03. The highest BCUT2D eigenvalue weighted by molar-refractivity contribution is 5.99. The molecule has 3 aliphatic heterocycles. The minimum absolute atomic E-state index is 0.0308. The molecular weight excluding hydrogens is 398 g/mol. The molecular formula is C23H39N3O5. The third-order valence-corrected chi connectivity index (χ3v) is 7.55. The molecule has 3 saturated heterocycles. The second-order valence-corrected chi connectivity index (χ2v) is 9.60. The van der Waals surface area contributed by atoms with Gasteiger partial charge in [0.05, 0.1) is 30.1 Å². The summed E-state index contributed by atoms with van der Waals surface area (Å²) in [5.74, 6) is -2.00. The first-order valence-electron chi connectivity index (χ1n) is 11.9. The van der Waals surface area contributed by atoms with Gasteiger partial charge in [-0.2, -0.15) is 0 Å². The number of ether oxygens (including phenoxy) is 1. The molecule has 176 valence electrons. The number of aliphatic hydroxyl groups excluding tert-OH is 1. The Bertz CT molecular complexity index is 715. The zero-order chi connectivity index (χ0) is 23.0. The Morgan fingerprint density at radius 2 is 1.90 bits per heavy atom. The van der Waals surface area contributed by atoms with Gasteiger partial charge < -0.3 is 25.4 Å². The molecule has 8 heteroatoms. The van der Waals surface area contributed by atoms with Crippen molar-refractivity contribution in [2.45, 2.75) is 102 Å². The lowest BCUT2D eigenvalue weighted by Gasteiger charge is -2.36. The molecule has 3 amide bonds. The summed E-state index contributed by atoms with van der Waals surface area (Å²) in [5, 5.41) is 15.9. The molecule has 3 aliphatic rings. The van der Waals surface area contributed by atoms with E-state index in [4.69, 9.17) is 4.74 Å². The van der Waals surface area contributed by atoms with Crippen molar-refractivity contribution < 1.29 is 24.2 Å². The number of hydrogen-bond acceptors (Lipinski definition) is 5. The quantitative estimate of drug-likeness (QED) is 0.478. The van der Waals surface area contributed by atoms with Crippen LogP contribution in [0.3, 0.4) is 0 Å². The van der Waals surface area contributed by atoms with Crippen LogP contribution in [-0.2, 0) is 19.1 Å². The molecule has 2 bridgehead atoms. The number of likely N-dealkylation sites (tertiary alicyclic amines) is 1. The average molecular weight is 438 g/mol. The van der Waals surface area contributed by atoms with Crippen LogP contribution < -0.4 is 10.6 Å². The Kier molecular flexibility index (Phi) is 7.01. The predicted octanol–water partition coefficient (Wildman–Crippen LogP) is 1.35. The molecule has 1 spiro atoms. The smallest absolute Gasteiger partial charge is 0.246 e. The largest absolute Gasteiger partial charge is 0.394 e. The van der Waals surface area contributed by atoms with E-state index in [0.717, 1.165) is 19.3 Å². The maximum Gasteiger partial charge on any atom is 0.246 e. The lowest BCUT2D eigenvalue weighted by atomic mass is 9.65. The Morgan fingerprint density at radius 1 is 1.19 bits per heavy atom. The molecule has 3 unspecified atom stereocenters. The summed E-state index contributed by atoms with van der Waals surface area (Å²) in [5.41, 5.74) is -1.75. The fraction of sp³-hybridized carbons (Fsp3) is 0.870. The Morgan fingerprint density at radius 3 is 2.48 bits per heavy atom. The zero-order valence-electron chi connectivity index (χ0n) is 19.6. The SMILES string of the molecule is CCCNC(=O)[C@H]1[C@H]2C(=O)N([C@H](C)CO)C(C(=O)NC(C)CCC)C23CC[C@]1(CC)O3. The van der Waals surface area contributed by atoms with Gasteiger partial charge in [-0.3, -0.25) is 14.4 Å². The molecule has 31 heavy (non-hydrogen) atoms. The summed E-state index contributed by atoms with van der Waals surface area (Å²) in [6, 6.07) is -1.41. The number of rotatable bonds is 10. The van der Waals surface area contributed by atoms with Gasteiger partial charge in [-0.25, -0.2) is 0 Å². The van der Waals surface area contributed by atoms with Gasteiger partial charge in [-0.05, 0) is 46.0 Å². The Hall–Kier alpha value is -1.67. The number of carbonyl (C=O) groups excluding carboxylic acids is 3. The van der Waals surface area contributed by atoms with Crippen LogP contribution in [0.5, 0.6) is 0 Å². The summed E-state index contributed by atoms with van der Waals surface area (Å²) < 4.78 is 6.64. The van der Waals surface area contributed by atoms with Crippen molar-refractivity contribution in [3.8, 4) is 0 Å². The minimum Gasteiger partial charge on any atom is -0.394 e. The topological polar surface area (TPSA) is 108 Å². The molecule has 7 atom stereocenters. The van der Waals surface area contributed by atoms with Crippen LogP contribution in [0.15, 0.2) is 0 Å². The molecule has 8 nitrogen and oxygen atoms in total. The first kappa shape index (κ1) is 24.0. The van der Waals surface area contributed by atoms with Gasteiger partial charge in [0.2, 0.25) is 17.7 Å². The van der Waals surface area contributed by atoms with Crippen molar-refractivity contribution in [3.05, 3.63) is 0 Å². The second kappa shape index (κ2) is 9.06. The molecule has 3 rings (SSSR count). The van der Waals surface area contributed by atoms with Crippen LogP contribution in [0.25, 0.3) is 0 Å². The monoisotopic (exact) mass is 437 g/mol. The summed E-state index contributed by atoms with van der Waals surface area (Å²) in [7, 11) is 0. The molecule has 0 aromatic heterocycles. The predicted molar refractivity (Wildman–Crippen MR) is 116 cm³/mol. The number of fused-ring (bicyclic) bond motifs is 1. The van der Waals surface area contributed by atoms with Gasteiger partial charge in [0.15, 0.2) is 0 Å². The van der Waals surface area contributed by atoms with Crippen LogP contribution in [0.2, 0.25) is 0 Å². The van der Waals surface area contributed by atoms with Crippen LogP contribution in [0, 0.1) is 11.8 Å². The van der Waals surface area contributed by atoms with E-state index in [1.807, 2.05) is 20.8 Å². The van der Waals surface area contributed by atoms with E-state index in [9.17, 15) is 19.5 Å². The highest BCUT2D eigenvalue weighted by Crippen LogP contribution is 2.64. The fourth-order valence-electron chi connectivity index (χ4n) is 6.10. The highest BCUT2D eigenvalue weighted by Gasteiger charge is 2.78. The molecule has 0 aromatic carbocycles. The first-order valence-corrected chi connectivity index (χ1v) is 11.9. The van der Waals surface area contributed by atoms with Crippen LogP contribution in [0.4, 0.5) is 0 Å². The van der Waals surface area contributed by atoms with Crippen molar-refractivity contribution in [1.82, 2.24) is 15.5 Å². The summed E-state index contributed by atoms with van der Waals surface area (Å²) >= 11 is 0. The van der Waals surface area contributed by atoms with Gasteiger partial charge in [0.1, 0.15) is 11.6 Å². The van der Waals surface area contributed by atoms with Gasteiger partial charge in [0.25, 0.3) is 0 Å². The van der Waals surface area contributed by atoms with E-state index in [1.165, 1.54) is 4.90 Å². The second-order valence-electron chi connectivity index (χ2n) is 9.60. The van der Waals surface area contributed by atoms with Crippen LogP contribution >= 0.6 is 0 Å². The molecule has 3 N–H and O–H groups in total. The standard InChI is InChI=1S/C23H39N3O5/c1-6-9-14(4)25-20(29)18-23-11-10-22(8-3,31-23)16(19(28)24-12-7-2)17(23)21(30)26(18)15(5)13-27/h14-18,27H,6-13H2,1-5H3,(H,24,28)(H,25,29)/t14?,15-,16-,17+,18?,22+,23?/m1/s1. The summed E-state index contributed by atoms with van der Waals surface area (Å²) in [6.07, 6.45) is 4.39. The number of hydrogen-bond donors (Lipinski definition) is 3. The van der Waals surface area contributed by atoms with Crippen molar-refractivity contribution in [2.24, 2.45) is 11.8 Å². The number of carbonyl (C=O) groups is 3. The van der Waals surface area contributed by atoms with Crippen molar-refractivity contribution in [3.63, 3.8) is 0 Å². The van der Waals surface area contributed by atoms with E-state index < -0.39 is 35.1 Å². The van der Waals surface area contributed by atoms with E-state index in [1.54, 1.807) is 6.92 Å². The maximum atomic E-state index is 13.7. The van der Waals surface area contributed by atoms with E-state index in [-0.39, 0.29) is 30.4 Å². The molecule has 3 heterocycles. The number of nitrogens with one attached hydrogen (secondary N) is 2. The molecule has 0 aromatic rings. The van der Waals surface area contributed by atoms with E-state index in [2.05, 4.69) is 17.6 Å². The number of nitrogens with zero attached hydrogens (tertiary/aromatic N) is 1. The maximum absolute atomic E-state index is 13.7. The summed E-state index contributed by atoms with van der Waals surface area (Å²) in [6.45, 7) is 10.00. The van der Waals surface area contributed by atoms with E-state index in [0.29, 0.717) is 25.8 Å². The van der Waals surface area contributed by atoms with Crippen LogP contribution in [-0.4, -0.2) is 70.2 Å². The van der Waals surface area contributed by atoms with Crippen molar-refractivity contribution >= 4 is 17.7 Å². The van der Waals surface area contributed by atoms with Gasteiger partial charge >= 0.3 is 0 Å². The molecule has 0 saturated carbocycles. The van der Waals surface area contributed by atoms with Gasteiger partial charge in [0, 0.05) is 12.6 Å².